The molecule has 1 aromatic carbocycles. The summed E-state index contributed by atoms with van der Waals surface area (Å²) in [5.74, 6) is 0. The molecule has 0 saturated heterocycles. The molecule has 0 bridgehead atoms. The number of hydrogen-bond acceptors (Lipinski definition) is 1. The van der Waals surface area contributed by atoms with Gasteiger partial charge in [-0.1, -0.05) is 13.0 Å². The Morgan fingerprint density at radius 1 is 1.33 bits per heavy atom. The highest BCUT2D eigenvalue weighted by Gasteiger charge is 1.99. The summed E-state index contributed by atoms with van der Waals surface area (Å²) in [6.45, 7) is 2.89. The van der Waals surface area contributed by atoms with Crippen LogP contribution >= 0.6 is 22.6 Å². The Morgan fingerprint density at radius 2 is 2.08 bits per heavy atom. The highest BCUT2D eigenvalue weighted by Crippen LogP contribution is 2.15. The van der Waals surface area contributed by atoms with E-state index < -0.39 is 0 Å². The molecular formula is C10H13IO. The maximum absolute atomic E-state index is 5.11. The van der Waals surface area contributed by atoms with Crippen molar-refractivity contribution >= 4 is 22.6 Å². The Bertz CT molecular complexity index is 258. The molecule has 1 aromatic rings. The zero-order chi connectivity index (χ0) is 8.97. The van der Waals surface area contributed by atoms with Crippen LogP contribution in [0.5, 0.6) is 0 Å². The zero-order valence-corrected chi connectivity index (χ0v) is 9.59. The van der Waals surface area contributed by atoms with Gasteiger partial charge in [-0.25, -0.2) is 0 Å². The predicted molar refractivity (Wildman–Crippen MR) is 59.3 cm³/mol. The van der Waals surface area contributed by atoms with Gasteiger partial charge in [0.15, 0.2) is 0 Å². The van der Waals surface area contributed by atoms with Crippen LogP contribution in [-0.2, 0) is 17.8 Å². The van der Waals surface area contributed by atoms with Crippen LogP contribution in [0.2, 0.25) is 0 Å². The van der Waals surface area contributed by atoms with Crippen molar-refractivity contribution in [2.75, 3.05) is 7.11 Å². The first-order valence-corrected chi connectivity index (χ1v) is 5.12. The first-order valence-electron chi connectivity index (χ1n) is 4.04. The summed E-state index contributed by atoms with van der Waals surface area (Å²) in [6.07, 6.45) is 1.08. The summed E-state index contributed by atoms with van der Waals surface area (Å²) in [5.41, 5.74) is 2.70. The third-order valence-electron chi connectivity index (χ3n) is 1.85. The predicted octanol–water partition coefficient (Wildman–Crippen LogP) is 3.00. The molecule has 0 saturated carbocycles. The number of aryl methyl sites for hydroxylation is 1. The fourth-order valence-corrected chi connectivity index (χ4v) is 1.78. The molecule has 0 aromatic heterocycles. The van der Waals surface area contributed by atoms with E-state index in [9.17, 15) is 0 Å². The van der Waals surface area contributed by atoms with E-state index in [4.69, 9.17) is 4.74 Å². The first-order chi connectivity index (χ1) is 5.77. The minimum Gasteiger partial charge on any atom is -0.380 e. The summed E-state index contributed by atoms with van der Waals surface area (Å²) in [7, 11) is 1.73. The van der Waals surface area contributed by atoms with Gasteiger partial charge in [0.05, 0.1) is 6.61 Å². The number of benzene rings is 1. The summed E-state index contributed by atoms with van der Waals surface area (Å²) in [4.78, 5) is 0. The minimum atomic E-state index is 0.722. The van der Waals surface area contributed by atoms with Crippen LogP contribution in [0, 0.1) is 3.57 Å². The molecule has 0 unspecified atom stereocenters. The lowest BCUT2D eigenvalue weighted by Crippen LogP contribution is -1.94. The van der Waals surface area contributed by atoms with E-state index in [1.807, 2.05) is 0 Å². The molecule has 1 rings (SSSR count). The average molecular weight is 276 g/mol. The van der Waals surface area contributed by atoms with Gasteiger partial charge in [0.1, 0.15) is 0 Å². The molecule has 1 nitrogen and oxygen atoms in total. The van der Waals surface area contributed by atoms with Crippen LogP contribution < -0.4 is 0 Å². The number of rotatable bonds is 3. The van der Waals surface area contributed by atoms with E-state index in [1.54, 1.807) is 7.11 Å². The molecule has 0 atom stereocenters. The lowest BCUT2D eigenvalue weighted by Gasteiger charge is -2.06. The van der Waals surface area contributed by atoms with E-state index in [0.29, 0.717) is 0 Å². The second-order valence-corrected chi connectivity index (χ2v) is 3.95. The van der Waals surface area contributed by atoms with Crippen molar-refractivity contribution in [3.8, 4) is 0 Å². The topological polar surface area (TPSA) is 9.23 Å². The molecule has 0 N–H and O–H groups in total. The van der Waals surface area contributed by atoms with Gasteiger partial charge in [0, 0.05) is 10.7 Å². The number of methoxy groups -OCH3 is 1. The standard InChI is InChI=1S/C10H13IO/c1-3-8-6-10(11)5-4-9(8)7-12-2/h4-6H,3,7H2,1-2H3. The Labute approximate surface area is 87.3 Å². The van der Waals surface area contributed by atoms with Gasteiger partial charge in [-0.3, -0.25) is 0 Å². The van der Waals surface area contributed by atoms with Gasteiger partial charge in [0.25, 0.3) is 0 Å². The summed E-state index contributed by atoms with van der Waals surface area (Å²) >= 11 is 2.33. The highest BCUT2D eigenvalue weighted by molar-refractivity contribution is 14.1. The maximum atomic E-state index is 5.11. The fourth-order valence-electron chi connectivity index (χ4n) is 1.22. The molecule has 0 radical (unpaired) electrons. The Morgan fingerprint density at radius 3 is 2.67 bits per heavy atom. The van der Waals surface area contributed by atoms with Gasteiger partial charge < -0.3 is 4.74 Å². The highest BCUT2D eigenvalue weighted by atomic mass is 127. The molecule has 2 heteroatoms. The van der Waals surface area contributed by atoms with E-state index in [1.165, 1.54) is 14.7 Å². The van der Waals surface area contributed by atoms with Crippen LogP contribution in [0.3, 0.4) is 0 Å². The zero-order valence-electron chi connectivity index (χ0n) is 7.43. The first kappa shape index (κ1) is 9.99. The lowest BCUT2D eigenvalue weighted by molar-refractivity contribution is 0.184. The molecule has 0 heterocycles. The SMILES string of the molecule is CCc1cc(I)ccc1COC. The monoisotopic (exact) mass is 276 g/mol. The second-order valence-electron chi connectivity index (χ2n) is 2.70. The van der Waals surface area contributed by atoms with Crippen molar-refractivity contribution in [2.45, 2.75) is 20.0 Å². The average Bonchev–Trinajstić information content (AvgIpc) is 2.08. The van der Waals surface area contributed by atoms with Gasteiger partial charge in [0.2, 0.25) is 0 Å². The smallest absolute Gasteiger partial charge is 0.0715 e. The van der Waals surface area contributed by atoms with Crippen molar-refractivity contribution in [1.82, 2.24) is 0 Å². The van der Waals surface area contributed by atoms with Crippen molar-refractivity contribution in [3.05, 3.63) is 32.9 Å². The third kappa shape index (κ3) is 2.45. The van der Waals surface area contributed by atoms with Gasteiger partial charge in [-0.05, 0) is 52.3 Å². The molecule has 0 aliphatic carbocycles. The number of halogens is 1. The largest absolute Gasteiger partial charge is 0.380 e. The van der Waals surface area contributed by atoms with Gasteiger partial charge in [-0.2, -0.15) is 0 Å². The van der Waals surface area contributed by atoms with Crippen LogP contribution in [-0.4, -0.2) is 7.11 Å². The Hall–Kier alpha value is -0.0900. The third-order valence-corrected chi connectivity index (χ3v) is 2.52. The molecular weight excluding hydrogens is 263 g/mol. The quantitative estimate of drug-likeness (QED) is 0.771. The van der Waals surface area contributed by atoms with Crippen LogP contribution in [0.1, 0.15) is 18.1 Å². The van der Waals surface area contributed by atoms with Gasteiger partial charge >= 0.3 is 0 Å². The molecule has 0 fully saturated rings. The van der Waals surface area contributed by atoms with E-state index in [2.05, 4.69) is 47.7 Å². The Balaban J connectivity index is 2.94. The van der Waals surface area contributed by atoms with Crippen LogP contribution in [0.25, 0.3) is 0 Å². The summed E-state index contributed by atoms with van der Waals surface area (Å²) < 4.78 is 6.40. The summed E-state index contributed by atoms with van der Waals surface area (Å²) in [6, 6.07) is 6.48. The molecule has 66 valence electrons. The molecule has 0 amide bonds. The maximum Gasteiger partial charge on any atom is 0.0715 e. The van der Waals surface area contributed by atoms with Gasteiger partial charge in [-0.15, -0.1) is 0 Å². The second kappa shape index (κ2) is 4.82. The van der Waals surface area contributed by atoms with E-state index in [0.717, 1.165) is 13.0 Å². The molecule has 0 aliphatic heterocycles. The molecule has 0 spiro atoms. The van der Waals surface area contributed by atoms with Crippen LogP contribution in [0.4, 0.5) is 0 Å². The van der Waals surface area contributed by atoms with Crippen molar-refractivity contribution in [2.24, 2.45) is 0 Å². The molecule has 12 heavy (non-hydrogen) atoms. The van der Waals surface area contributed by atoms with E-state index >= 15 is 0 Å². The fraction of sp³-hybridized carbons (Fsp3) is 0.400. The Kier molecular flexibility index (Phi) is 4.01. The minimum absolute atomic E-state index is 0.722. The molecule has 0 aliphatic rings. The lowest BCUT2D eigenvalue weighted by atomic mass is 10.1. The number of hydrogen-bond donors (Lipinski definition) is 0. The number of ether oxygens (including phenoxy) is 1. The van der Waals surface area contributed by atoms with Crippen molar-refractivity contribution < 1.29 is 4.74 Å². The summed E-state index contributed by atoms with van der Waals surface area (Å²) in [5, 5.41) is 0. The van der Waals surface area contributed by atoms with Crippen molar-refractivity contribution in [1.29, 1.82) is 0 Å². The van der Waals surface area contributed by atoms with Crippen LogP contribution in [0.15, 0.2) is 18.2 Å². The van der Waals surface area contributed by atoms with Crippen molar-refractivity contribution in [3.63, 3.8) is 0 Å². The van der Waals surface area contributed by atoms with E-state index in [-0.39, 0.29) is 0 Å². The normalized spacial score (nSPS) is 10.2.